The Bertz CT molecular complexity index is 933. The van der Waals surface area contributed by atoms with Gasteiger partial charge in [0.2, 0.25) is 5.78 Å². The standard InChI is InChI=1S/C22H23BrN2O5/c23-16-6-4-15(5-7-16)19-18(20(26)17-3-1-12-30-17)21(27)22(28)25(19)9-2-8-24-10-13-29-14-11-24/h1,3-7,12,19,27H,2,8-11,13-14H2/t19-/m1/s1. The molecule has 0 saturated carbocycles. The zero-order valence-electron chi connectivity index (χ0n) is 16.4. The number of hydrogen-bond donors (Lipinski definition) is 1. The summed E-state index contributed by atoms with van der Waals surface area (Å²) >= 11 is 3.41. The number of nitrogens with zero attached hydrogens (tertiary/aromatic N) is 2. The van der Waals surface area contributed by atoms with Gasteiger partial charge in [0.1, 0.15) is 0 Å². The van der Waals surface area contributed by atoms with E-state index < -0.39 is 23.5 Å². The molecule has 1 amide bonds. The van der Waals surface area contributed by atoms with Gasteiger partial charge in [-0.15, -0.1) is 0 Å². The zero-order valence-corrected chi connectivity index (χ0v) is 18.0. The van der Waals surface area contributed by atoms with Crippen LogP contribution in [0.1, 0.15) is 28.6 Å². The number of aliphatic hydroxyl groups is 1. The van der Waals surface area contributed by atoms with Crippen LogP contribution in [0.2, 0.25) is 0 Å². The summed E-state index contributed by atoms with van der Waals surface area (Å²) in [5, 5.41) is 10.6. The van der Waals surface area contributed by atoms with Crippen molar-refractivity contribution in [3.63, 3.8) is 0 Å². The van der Waals surface area contributed by atoms with E-state index in [-0.39, 0.29) is 11.3 Å². The lowest BCUT2D eigenvalue weighted by molar-refractivity contribution is -0.129. The molecule has 0 bridgehead atoms. The van der Waals surface area contributed by atoms with Crippen molar-refractivity contribution in [3.05, 3.63) is 69.8 Å². The van der Waals surface area contributed by atoms with Crippen molar-refractivity contribution in [2.75, 3.05) is 39.4 Å². The van der Waals surface area contributed by atoms with E-state index in [1.807, 2.05) is 24.3 Å². The van der Waals surface area contributed by atoms with Crippen LogP contribution < -0.4 is 0 Å². The van der Waals surface area contributed by atoms with Gasteiger partial charge in [-0.05, 0) is 36.2 Å². The van der Waals surface area contributed by atoms with E-state index in [4.69, 9.17) is 9.15 Å². The number of hydrogen-bond acceptors (Lipinski definition) is 6. The van der Waals surface area contributed by atoms with Crippen LogP contribution in [0.5, 0.6) is 0 Å². The molecule has 0 aliphatic carbocycles. The Kier molecular flexibility index (Phi) is 6.36. The molecule has 1 saturated heterocycles. The van der Waals surface area contributed by atoms with Crippen molar-refractivity contribution >= 4 is 27.6 Å². The number of rotatable bonds is 7. The van der Waals surface area contributed by atoms with E-state index >= 15 is 0 Å². The van der Waals surface area contributed by atoms with Gasteiger partial charge in [-0.2, -0.15) is 0 Å². The van der Waals surface area contributed by atoms with Gasteiger partial charge in [-0.1, -0.05) is 28.1 Å². The molecule has 1 N–H and O–H groups in total. The summed E-state index contributed by atoms with van der Waals surface area (Å²) in [6.07, 6.45) is 2.13. The number of ether oxygens (including phenoxy) is 1. The van der Waals surface area contributed by atoms with Gasteiger partial charge in [-0.25, -0.2) is 0 Å². The first-order valence-electron chi connectivity index (χ1n) is 9.94. The summed E-state index contributed by atoms with van der Waals surface area (Å²) < 4.78 is 11.5. The largest absolute Gasteiger partial charge is 0.503 e. The molecule has 1 aromatic heterocycles. The van der Waals surface area contributed by atoms with Crippen molar-refractivity contribution in [2.45, 2.75) is 12.5 Å². The lowest BCUT2D eigenvalue weighted by atomic mass is 9.95. The molecule has 0 unspecified atom stereocenters. The molecule has 7 nitrogen and oxygen atoms in total. The summed E-state index contributed by atoms with van der Waals surface area (Å²) in [5.41, 5.74) is 0.820. The van der Waals surface area contributed by atoms with Crippen LogP contribution in [0, 0.1) is 0 Å². The Morgan fingerprint density at radius 1 is 1.13 bits per heavy atom. The van der Waals surface area contributed by atoms with Gasteiger partial charge in [0.25, 0.3) is 5.91 Å². The summed E-state index contributed by atoms with van der Waals surface area (Å²) in [6, 6.07) is 9.90. The smallest absolute Gasteiger partial charge is 0.290 e. The molecule has 8 heteroatoms. The minimum atomic E-state index is -0.659. The highest BCUT2D eigenvalue weighted by molar-refractivity contribution is 9.10. The Hall–Kier alpha value is -2.42. The van der Waals surface area contributed by atoms with Crippen LogP contribution in [-0.2, 0) is 9.53 Å². The van der Waals surface area contributed by atoms with Gasteiger partial charge in [0.15, 0.2) is 11.5 Å². The van der Waals surface area contributed by atoms with E-state index in [2.05, 4.69) is 20.8 Å². The maximum absolute atomic E-state index is 13.1. The number of ketones is 1. The molecular weight excluding hydrogens is 452 g/mol. The second-order valence-electron chi connectivity index (χ2n) is 7.33. The fourth-order valence-electron chi connectivity index (χ4n) is 3.94. The van der Waals surface area contributed by atoms with Crippen molar-refractivity contribution in [3.8, 4) is 0 Å². The fraction of sp³-hybridized carbons (Fsp3) is 0.364. The Morgan fingerprint density at radius 2 is 1.87 bits per heavy atom. The molecular formula is C22H23BrN2O5. The van der Waals surface area contributed by atoms with Gasteiger partial charge in [-0.3, -0.25) is 14.5 Å². The Morgan fingerprint density at radius 3 is 2.53 bits per heavy atom. The lowest BCUT2D eigenvalue weighted by Gasteiger charge is -2.30. The number of morpholine rings is 1. The number of aliphatic hydroxyl groups excluding tert-OH is 1. The average Bonchev–Trinajstić information content (AvgIpc) is 3.38. The predicted molar refractivity (Wildman–Crippen MR) is 113 cm³/mol. The first kappa shape index (κ1) is 20.8. The first-order valence-corrected chi connectivity index (χ1v) is 10.7. The van der Waals surface area contributed by atoms with Gasteiger partial charge in [0, 0.05) is 30.7 Å². The van der Waals surface area contributed by atoms with Crippen molar-refractivity contribution in [2.24, 2.45) is 0 Å². The number of Topliss-reactive ketones (excluding diaryl/α,β-unsaturated/α-hetero) is 1. The van der Waals surface area contributed by atoms with Crippen LogP contribution in [0.15, 0.2) is 62.9 Å². The molecule has 1 aromatic carbocycles. The fourth-order valence-corrected chi connectivity index (χ4v) is 4.20. The summed E-state index contributed by atoms with van der Waals surface area (Å²) in [6.45, 7) is 4.42. The maximum atomic E-state index is 13.1. The third-order valence-corrected chi connectivity index (χ3v) is 5.98. The minimum absolute atomic E-state index is 0.0589. The van der Waals surface area contributed by atoms with Crippen LogP contribution >= 0.6 is 15.9 Å². The second kappa shape index (κ2) is 9.16. The number of amides is 1. The van der Waals surface area contributed by atoms with Crippen LogP contribution in [0.3, 0.4) is 0 Å². The second-order valence-corrected chi connectivity index (χ2v) is 8.24. The number of carbonyl (C=O) groups is 2. The molecule has 0 radical (unpaired) electrons. The Balaban J connectivity index is 1.59. The summed E-state index contributed by atoms with van der Waals surface area (Å²) in [5.74, 6) is -1.41. The van der Waals surface area contributed by atoms with Gasteiger partial charge < -0.3 is 19.2 Å². The van der Waals surface area contributed by atoms with Crippen LogP contribution in [-0.4, -0.2) is 66.0 Å². The molecule has 2 aliphatic rings. The molecule has 2 aliphatic heterocycles. The normalized spacial score (nSPS) is 20.2. The van der Waals surface area contributed by atoms with Crippen LogP contribution in [0.4, 0.5) is 0 Å². The van der Waals surface area contributed by atoms with Gasteiger partial charge in [0.05, 0.1) is 31.1 Å². The first-order chi connectivity index (χ1) is 14.6. The molecule has 1 atom stereocenters. The van der Waals surface area contributed by atoms with Crippen molar-refractivity contribution in [1.29, 1.82) is 0 Å². The highest BCUT2D eigenvalue weighted by atomic mass is 79.9. The predicted octanol–water partition coefficient (Wildman–Crippen LogP) is 3.34. The molecule has 1 fully saturated rings. The molecule has 3 heterocycles. The molecule has 4 rings (SSSR count). The minimum Gasteiger partial charge on any atom is -0.503 e. The topological polar surface area (TPSA) is 83.2 Å². The van der Waals surface area contributed by atoms with Crippen molar-refractivity contribution in [1.82, 2.24) is 9.80 Å². The highest BCUT2D eigenvalue weighted by Crippen LogP contribution is 2.39. The molecule has 2 aromatic rings. The maximum Gasteiger partial charge on any atom is 0.290 e. The van der Waals surface area contributed by atoms with E-state index in [9.17, 15) is 14.7 Å². The third kappa shape index (κ3) is 4.21. The quantitative estimate of drug-likeness (QED) is 0.619. The van der Waals surface area contributed by atoms with E-state index in [0.29, 0.717) is 19.8 Å². The van der Waals surface area contributed by atoms with Crippen molar-refractivity contribution < 1.29 is 23.8 Å². The SMILES string of the molecule is O=C(C1=C(O)C(=O)N(CCCN2CCOCC2)[C@@H]1c1ccc(Br)cc1)c1ccco1. The van der Waals surface area contributed by atoms with E-state index in [0.717, 1.165) is 36.1 Å². The van der Waals surface area contributed by atoms with Gasteiger partial charge >= 0.3 is 0 Å². The lowest BCUT2D eigenvalue weighted by Crippen LogP contribution is -2.39. The van der Waals surface area contributed by atoms with Crippen LogP contribution in [0.25, 0.3) is 0 Å². The molecule has 158 valence electrons. The number of benzene rings is 1. The number of furan rings is 1. The number of halogens is 1. The molecule has 0 spiro atoms. The monoisotopic (exact) mass is 474 g/mol. The van der Waals surface area contributed by atoms with E-state index in [1.54, 1.807) is 11.0 Å². The number of carbonyl (C=O) groups excluding carboxylic acids is 2. The summed E-state index contributed by atoms with van der Waals surface area (Å²) in [4.78, 5) is 29.8. The van der Waals surface area contributed by atoms with E-state index in [1.165, 1.54) is 12.3 Å². The third-order valence-electron chi connectivity index (χ3n) is 5.46. The molecule has 30 heavy (non-hydrogen) atoms. The summed E-state index contributed by atoms with van der Waals surface area (Å²) in [7, 11) is 0. The highest BCUT2D eigenvalue weighted by Gasteiger charge is 2.44. The zero-order chi connectivity index (χ0) is 21.1. The Labute approximate surface area is 183 Å². The average molecular weight is 475 g/mol.